The van der Waals surface area contributed by atoms with Crippen LogP contribution in [0.1, 0.15) is 11.0 Å². The number of thiazole rings is 1. The van der Waals surface area contributed by atoms with Crippen molar-refractivity contribution in [2.24, 2.45) is 0 Å². The average molecular weight is 327 g/mol. The maximum atomic E-state index is 12.0. The van der Waals surface area contributed by atoms with E-state index < -0.39 is 18.1 Å². The van der Waals surface area contributed by atoms with Gasteiger partial charge in [-0.1, -0.05) is 12.7 Å². The Kier molecular flexibility index (Phi) is 7.79. The molecule has 9 heteroatoms. The fourth-order valence-corrected chi connectivity index (χ4v) is 2.27. The van der Waals surface area contributed by atoms with Crippen molar-refractivity contribution >= 4 is 29.7 Å². The maximum absolute atomic E-state index is 12.0. The Labute approximate surface area is 131 Å². The minimum absolute atomic E-state index is 0.0602. The molecule has 1 aromatic rings. The standard InChI is InChI=1S/C13H17N3O5S/c1-2-8-21-12(18)10(11-15-4-9-22-11)14-3-5-16(6-7-17)13(19)20/h2,4,7,9-10,14H,1,3,5-6,8H2,(H,19,20). The molecule has 1 aromatic heterocycles. The van der Waals surface area contributed by atoms with Gasteiger partial charge in [0.25, 0.3) is 0 Å². The Hall–Kier alpha value is -2.26. The molecule has 120 valence electrons. The fraction of sp³-hybridized carbons (Fsp3) is 0.385. The van der Waals surface area contributed by atoms with E-state index in [0.717, 1.165) is 4.90 Å². The van der Waals surface area contributed by atoms with Crippen LogP contribution < -0.4 is 5.32 Å². The predicted octanol–water partition coefficient (Wildman–Crippen LogP) is 0.682. The summed E-state index contributed by atoms with van der Waals surface area (Å²) in [7, 11) is 0. The quantitative estimate of drug-likeness (QED) is 0.369. The molecular formula is C13H17N3O5S. The number of amides is 1. The van der Waals surface area contributed by atoms with Crippen LogP contribution in [0, 0.1) is 0 Å². The van der Waals surface area contributed by atoms with Gasteiger partial charge in [0.2, 0.25) is 0 Å². The molecule has 0 bridgehead atoms. The largest absolute Gasteiger partial charge is 0.465 e. The Morgan fingerprint density at radius 3 is 2.91 bits per heavy atom. The Bertz CT molecular complexity index is 506. The second-order valence-electron chi connectivity index (χ2n) is 4.07. The molecule has 8 nitrogen and oxygen atoms in total. The molecule has 0 aliphatic heterocycles. The van der Waals surface area contributed by atoms with Gasteiger partial charge in [-0.05, 0) is 0 Å². The molecule has 2 N–H and O–H groups in total. The lowest BCUT2D eigenvalue weighted by Gasteiger charge is -2.19. The van der Waals surface area contributed by atoms with E-state index in [0.29, 0.717) is 11.3 Å². The SMILES string of the molecule is C=CCOC(=O)C(NCCN(CC=O)C(=O)O)c1nccs1. The van der Waals surface area contributed by atoms with Gasteiger partial charge in [0.15, 0.2) is 6.04 Å². The van der Waals surface area contributed by atoms with Crippen molar-refractivity contribution in [1.82, 2.24) is 15.2 Å². The number of esters is 1. The Morgan fingerprint density at radius 1 is 1.59 bits per heavy atom. The van der Waals surface area contributed by atoms with Gasteiger partial charge in [0.05, 0.1) is 6.54 Å². The summed E-state index contributed by atoms with van der Waals surface area (Å²) >= 11 is 1.28. The summed E-state index contributed by atoms with van der Waals surface area (Å²) in [5.74, 6) is -0.521. The molecule has 1 amide bonds. The lowest BCUT2D eigenvalue weighted by Crippen LogP contribution is -2.40. The van der Waals surface area contributed by atoms with Crippen LogP contribution in [0.15, 0.2) is 24.2 Å². The van der Waals surface area contributed by atoms with Crippen molar-refractivity contribution in [2.45, 2.75) is 6.04 Å². The average Bonchev–Trinajstić information content (AvgIpc) is 3.01. The summed E-state index contributed by atoms with van der Waals surface area (Å²) in [5.41, 5.74) is 0. The van der Waals surface area contributed by atoms with E-state index in [1.807, 2.05) is 0 Å². The van der Waals surface area contributed by atoms with Crippen LogP contribution in [0.25, 0.3) is 0 Å². The highest BCUT2D eigenvalue weighted by atomic mass is 32.1. The third-order valence-corrected chi connectivity index (χ3v) is 3.41. The molecule has 0 aliphatic rings. The molecule has 0 aromatic carbocycles. The van der Waals surface area contributed by atoms with Gasteiger partial charge in [-0.25, -0.2) is 14.6 Å². The smallest absolute Gasteiger partial charge is 0.407 e. The van der Waals surface area contributed by atoms with Gasteiger partial charge in [0, 0.05) is 24.7 Å². The molecule has 1 heterocycles. The molecule has 0 fully saturated rings. The highest BCUT2D eigenvalue weighted by Gasteiger charge is 2.24. The zero-order chi connectivity index (χ0) is 16.4. The van der Waals surface area contributed by atoms with E-state index in [1.165, 1.54) is 17.4 Å². The van der Waals surface area contributed by atoms with E-state index in [-0.39, 0.29) is 26.2 Å². The van der Waals surface area contributed by atoms with Crippen molar-refractivity contribution in [3.8, 4) is 0 Å². The molecule has 0 radical (unpaired) electrons. The number of hydrogen-bond donors (Lipinski definition) is 2. The Morgan fingerprint density at radius 2 is 2.36 bits per heavy atom. The van der Waals surface area contributed by atoms with Crippen molar-refractivity contribution in [1.29, 1.82) is 0 Å². The monoisotopic (exact) mass is 327 g/mol. The second kappa shape index (κ2) is 9.64. The van der Waals surface area contributed by atoms with Crippen molar-refractivity contribution in [3.63, 3.8) is 0 Å². The minimum Gasteiger partial charge on any atom is -0.465 e. The molecule has 0 saturated carbocycles. The summed E-state index contributed by atoms with van der Waals surface area (Å²) in [6, 6.07) is -0.785. The van der Waals surface area contributed by atoms with Crippen LogP contribution in [0.5, 0.6) is 0 Å². The Balaban J connectivity index is 2.61. The topological polar surface area (TPSA) is 109 Å². The van der Waals surface area contributed by atoms with Gasteiger partial charge in [-0.3, -0.25) is 5.32 Å². The fourth-order valence-electron chi connectivity index (χ4n) is 1.57. The lowest BCUT2D eigenvalue weighted by atomic mass is 10.3. The molecule has 1 rings (SSSR count). The van der Waals surface area contributed by atoms with E-state index in [9.17, 15) is 14.4 Å². The highest BCUT2D eigenvalue weighted by Crippen LogP contribution is 2.17. The summed E-state index contributed by atoms with van der Waals surface area (Å²) in [5, 5.41) is 14.0. The number of carbonyl (C=O) groups is 3. The lowest BCUT2D eigenvalue weighted by molar-refractivity contribution is -0.145. The predicted molar refractivity (Wildman–Crippen MR) is 79.7 cm³/mol. The van der Waals surface area contributed by atoms with Crippen LogP contribution in [0.2, 0.25) is 0 Å². The number of hydrogen-bond acceptors (Lipinski definition) is 7. The summed E-state index contributed by atoms with van der Waals surface area (Å²) in [6.07, 6.45) is 2.32. The third-order valence-electron chi connectivity index (χ3n) is 2.57. The second-order valence-corrected chi connectivity index (χ2v) is 5.00. The molecule has 1 unspecified atom stereocenters. The van der Waals surface area contributed by atoms with E-state index in [1.54, 1.807) is 11.6 Å². The summed E-state index contributed by atoms with van der Waals surface area (Å²) < 4.78 is 4.99. The van der Waals surface area contributed by atoms with Crippen molar-refractivity contribution in [3.05, 3.63) is 29.2 Å². The highest BCUT2D eigenvalue weighted by molar-refractivity contribution is 7.09. The van der Waals surface area contributed by atoms with Gasteiger partial charge in [0.1, 0.15) is 17.9 Å². The first-order valence-electron chi connectivity index (χ1n) is 6.42. The normalized spacial score (nSPS) is 11.5. The summed E-state index contributed by atoms with van der Waals surface area (Å²) in [4.78, 5) is 38.3. The number of nitrogens with zero attached hydrogens (tertiary/aromatic N) is 2. The number of rotatable bonds is 10. The van der Waals surface area contributed by atoms with Gasteiger partial charge < -0.3 is 19.5 Å². The van der Waals surface area contributed by atoms with Crippen molar-refractivity contribution in [2.75, 3.05) is 26.2 Å². The number of carbonyl (C=O) groups excluding carboxylic acids is 2. The van der Waals surface area contributed by atoms with Crippen LogP contribution in [-0.4, -0.2) is 59.6 Å². The number of aldehydes is 1. The van der Waals surface area contributed by atoms with E-state index >= 15 is 0 Å². The zero-order valence-corrected chi connectivity index (χ0v) is 12.6. The van der Waals surface area contributed by atoms with Crippen LogP contribution in [0.4, 0.5) is 4.79 Å². The van der Waals surface area contributed by atoms with Crippen LogP contribution >= 0.6 is 11.3 Å². The maximum Gasteiger partial charge on any atom is 0.407 e. The number of aromatic nitrogens is 1. The third kappa shape index (κ3) is 5.62. The molecule has 0 saturated heterocycles. The van der Waals surface area contributed by atoms with Crippen LogP contribution in [0.3, 0.4) is 0 Å². The zero-order valence-electron chi connectivity index (χ0n) is 11.8. The number of ether oxygens (including phenoxy) is 1. The van der Waals surface area contributed by atoms with Gasteiger partial charge >= 0.3 is 12.1 Å². The molecule has 1 atom stereocenters. The first-order valence-corrected chi connectivity index (χ1v) is 7.30. The molecular weight excluding hydrogens is 310 g/mol. The number of carboxylic acid groups (broad SMARTS) is 1. The van der Waals surface area contributed by atoms with E-state index in [4.69, 9.17) is 9.84 Å². The van der Waals surface area contributed by atoms with Crippen LogP contribution in [-0.2, 0) is 14.3 Å². The number of nitrogens with one attached hydrogen (secondary N) is 1. The first-order chi connectivity index (χ1) is 10.6. The van der Waals surface area contributed by atoms with Gasteiger partial charge in [-0.2, -0.15) is 0 Å². The first kappa shape index (κ1) is 17.8. The van der Waals surface area contributed by atoms with Gasteiger partial charge in [-0.15, -0.1) is 11.3 Å². The molecule has 22 heavy (non-hydrogen) atoms. The molecule has 0 aliphatic carbocycles. The molecule has 0 spiro atoms. The van der Waals surface area contributed by atoms with E-state index in [2.05, 4.69) is 16.9 Å². The van der Waals surface area contributed by atoms with Crippen molar-refractivity contribution < 1.29 is 24.2 Å². The summed E-state index contributed by atoms with van der Waals surface area (Å²) in [6.45, 7) is 3.55. The minimum atomic E-state index is -1.20.